The molecule has 0 saturated heterocycles. The van der Waals surface area contributed by atoms with Crippen LogP contribution in [0.3, 0.4) is 0 Å². The first-order valence-electron chi connectivity index (χ1n) is 8.47. The van der Waals surface area contributed by atoms with Crippen molar-refractivity contribution in [3.05, 3.63) is 94.8 Å². The van der Waals surface area contributed by atoms with Gasteiger partial charge in [0.05, 0.1) is 5.56 Å². The largest absolute Gasteiger partial charge is 0.488 e. The van der Waals surface area contributed by atoms with E-state index in [-0.39, 0.29) is 24.0 Å². The number of Topliss-reactive ketones (excluding diaryl/α,β-unsaturated/α-hetero) is 1. The van der Waals surface area contributed by atoms with Crippen molar-refractivity contribution in [1.82, 2.24) is 4.98 Å². The molecular formula is C22H16FNO3. The number of hydrogen-bond donors (Lipinski definition) is 0. The molecule has 0 spiro atoms. The molecule has 0 radical (unpaired) electrons. The molecule has 0 fully saturated rings. The topological polar surface area (TPSA) is 48.4 Å². The Morgan fingerprint density at radius 1 is 1.15 bits per heavy atom. The van der Waals surface area contributed by atoms with Crippen molar-refractivity contribution in [3.63, 3.8) is 0 Å². The third kappa shape index (κ3) is 3.44. The molecule has 5 heteroatoms. The SMILES string of the molecule is Cc1c(OCc2cccc(F)c2)ccc2c1O/C(=C\c1ccncc1)C2=O. The predicted molar refractivity (Wildman–Crippen MR) is 99.1 cm³/mol. The number of carbonyl (C=O) groups is 1. The number of aromatic nitrogens is 1. The molecule has 1 aliphatic heterocycles. The Balaban J connectivity index is 1.57. The van der Waals surface area contributed by atoms with Crippen LogP contribution in [0.5, 0.6) is 11.5 Å². The van der Waals surface area contributed by atoms with Crippen molar-refractivity contribution in [1.29, 1.82) is 0 Å². The molecule has 2 aromatic carbocycles. The van der Waals surface area contributed by atoms with Crippen molar-refractivity contribution in [3.8, 4) is 11.5 Å². The van der Waals surface area contributed by atoms with Gasteiger partial charge < -0.3 is 9.47 Å². The highest BCUT2D eigenvalue weighted by Crippen LogP contribution is 2.39. The first-order chi connectivity index (χ1) is 13.1. The fraction of sp³-hybridized carbons (Fsp3) is 0.0909. The van der Waals surface area contributed by atoms with Crippen molar-refractivity contribution in [2.45, 2.75) is 13.5 Å². The van der Waals surface area contributed by atoms with E-state index in [0.29, 0.717) is 17.1 Å². The number of hydrogen-bond acceptors (Lipinski definition) is 4. The summed E-state index contributed by atoms with van der Waals surface area (Å²) in [5, 5.41) is 0. The number of nitrogens with zero attached hydrogens (tertiary/aromatic N) is 1. The molecule has 1 aliphatic rings. The van der Waals surface area contributed by atoms with Crippen LogP contribution >= 0.6 is 0 Å². The van der Waals surface area contributed by atoms with Crippen LogP contribution in [0.1, 0.15) is 27.0 Å². The van der Waals surface area contributed by atoms with E-state index in [4.69, 9.17) is 9.47 Å². The van der Waals surface area contributed by atoms with Crippen LogP contribution in [0.2, 0.25) is 0 Å². The summed E-state index contributed by atoms with van der Waals surface area (Å²) in [6.07, 6.45) is 5.00. The Bertz CT molecular complexity index is 1040. The monoisotopic (exact) mass is 361 g/mol. The van der Waals surface area contributed by atoms with Gasteiger partial charge in [-0.3, -0.25) is 9.78 Å². The van der Waals surface area contributed by atoms with Crippen LogP contribution in [-0.4, -0.2) is 10.8 Å². The highest BCUT2D eigenvalue weighted by Gasteiger charge is 2.30. The molecular weight excluding hydrogens is 345 g/mol. The van der Waals surface area contributed by atoms with Crippen molar-refractivity contribution >= 4 is 11.9 Å². The number of halogens is 1. The molecule has 0 atom stereocenters. The van der Waals surface area contributed by atoms with Crippen LogP contribution < -0.4 is 9.47 Å². The average molecular weight is 361 g/mol. The van der Waals surface area contributed by atoms with Gasteiger partial charge in [-0.15, -0.1) is 0 Å². The molecule has 4 nitrogen and oxygen atoms in total. The van der Waals surface area contributed by atoms with Gasteiger partial charge in [-0.1, -0.05) is 12.1 Å². The Morgan fingerprint density at radius 2 is 1.96 bits per heavy atom. The molecule has 0 bridgehead atoms. The summed E-state index contributed by atoms with van der Waals surface area (Å²) >= 11 is 0. The van der Waals surface area contributed by atoms with E-state index < -0.39 is 0 Å². The van der Waals surface area contributed by atoms with Crippen molar-refractivity contribution < 1.29 is 18.7 Å². The average Bonchev–Trinajstić information content (AvgIpc) is 2.99. The molecule has 1 aromatic heterocycles. The van der Waals surface area contributed by atoms with E-state index in [2.05, 4.69) is 4.98 Å². The highest BCUT2D eigenvalue weighted by molar-refractivity contribution is 6.14. The van der Waals surface area contributed by atoms with Gasteiger partial charge >= 0.3 is 0 Å². The van der Waals surface area contributed by atoms with Gasteiger partial charge in [-0.2, -0.15) is 0 Å². The molecule has 2 heterocycles. The quantitative estimate of drug-likeness (QED) is 0.631. The third-order valence-corrected chi connectivity index (χ3v) is 4.32. The van der Waals surface area contributed by atoms with Gasteiger partial charge in [0.25, 0.3) is 0 Å². The number of benzene rings is 2. The molecule has 0 amide bonds. The summed E-state index contributed by atoms with van der Waals surface area (Å²) in [7, 11) is 0. The van der Waals surface area contributed by atoms with Crippen LogP contribution in [0.4, 0.5) is 4.39 Å². The molecule has 0 unspecified atom stereocenters. The smallest absolute Gasteiger partial charge is 0.231 e. The second-order valence-corrected chi connectivity index (χ2v) is 6.20. The number of ketones is 1. The molecule has 0 saturated carbocycles. The van der Waals surface area contributed by atoms with E-state index >= 15 is 0 Å². The number of fused-ring (bicyclic) bond motifs is 1. The third-order valence-electron chi connectivity index (χ3n) is 4.32. The van der Waals surface area contributed by atoms with Gasteiger partial charge in [-0.05, 0) is 60.5 Å². The summed E-state index contributed by atoms with van der Waals surface area (Å²) in [5.74, 6) is 0.887. The van der Waals surface area contributed by atoms with Crippen LogP contribution in [-0.2, 0) is 6.61 Å². The van der Waals surface area contributed by atoms with Crippen LogP contribution in [0.25, 0.3) is 6.08 Å². The maximum atomic E-state index is 13.3. The summed E-state index contributed by atoms with van der Waals surface area (Å²) in [4.78, 5) is 16.6. The highest BCUT2D eigenvalue weighted by atomic mass is 19.1. The lowest BCUT2D eigenvalue weighted by atomic mass is 10.1. The standard InChI is InChI=1S/C22H16FNO3/c1-14-19(26-13-16-3-2-4-17(23)11-16)6-5-18-21(25)20(27-22(14)18)12-15-7-9-24-10-8-15/h2-12H,13H2,1H3/b20-12-. The number of allylic oxidation sites excluding steroid dienone is 1. The maximum Gasteiger partial charge on any atom is 0.231 e. The Hall–Kier alpha value is -3.47. The second kappa shape index (κ2) is 7.03. The summed E-state index contributed by atoms with van der Waals surface area (Å²) in [6, 6.07) is 13.3. The zero-order valence-corrected chi connectivity index (χ0v) is 14.6. The van der Waals surface area contributed by atoms with Crippen molar-refractivity contribution in [2.75, 3.05) is 0 Å². The molecule has 27 heavy (non-hydrogen) atoms. The number of pyridine rings is 1. The fourth-order valence-electron chi connectivity index (χ4n) is 2.92. The number of ether oxygens (including phenoxy) is 2. The lowest BCUT2D eigenvalue weighted by molar-refractivity contribution is 0.101. The fourth-order valence-corrected chi connectivity index (χ4v) is 2.92. The minimum atomic E-state index is -0.304. The molecule has 4 rings (SSSR count). The van der Waals surface area contributed by atoms with Gasteiger partial charge in [-0.25, -0.2) is 4.39 Å². The van der Waals surface area contributed by atoms with Gasteiger partial charge in [0.1, 0.15) is 23.9 Å². The summed E-state index contributed by atoms with van der Waals surface area (Å²) in [5.41, 5.74) is 2.80. The van der Waals surface area contributed by atoms with E-state index in [1.807, 2.05) is 6.92 Å². The van der Waals surface area contributed by atoms with E-state index in [0.717, 1.165) is 16.7 Å². The number of carbonyl (C=O) groups excluding carboxylic acids is 1. The van der Waals surface area contributed by atoms with E-state index in [1.54, 1.807) is 54.9 Å². The Kier molecular flexibility index (Phi) is 4.42. The maximum absolute atomic E-state index is 13.3. The van der Waals surface area contributed by atoms with Crippen molar-refractivity contribution in [2.24, 2.45) is 0 Å². The van der Waals surface area contributed by atoms with Gasteiger partial charge in [0.15, 0.2) is 5.76 Å². The lowest BCUT2D eigenvalue weighted by Crippen LogP contribution is -1.98. The molecule has 0 aliphatic carbocycles. The van der Waals surface area contributed by atoms with Gasteiger partial charge in [0.2, 0.25) is 5.78 Å². The van der Waals surface area contributed by atoms with E-state index in [1.165, 1.54) is 12.1 Å². The minimum Gasteiger partial charge on any atom is -0.488 e. The lowest BCUT2D eigenvalue weighted by Gasteiger charge is -2.11. The molecule has 0 N–H and O–H groups in total. The summed E-state index contributed by atoms with van der Waals surface area (Å²) in [6.45, 7) is 2.06. The predicted octanol–water partition coefficient (Wildman–Crippen LogP) is 4.72. The normalized spacial score (nSPS) is 14.1. The summed E-state index contributed by atoms with van der Waals surface area (Å²) < 4.78 is 24.9. The number of rotatable bonds is 4. The van der Waals surface area contributed by atoms with E-state index in [9.17, 15) is 9.18 Å². The molecule has 3 aromatic rings. The van der Waals surface area contributed by atoms with Gasteiger partial charge in [0, 0.05) is 18.0 Å². The van der Waals surface area contributed by atoms with Crippen LogP contribution in [0.15, 0.2) is 66.7 Å². The molecule has 134 valence electrons. The second-order valence-electron chi connectivity index (χ2n) is 6.20. The van der Waals surface area contributed by atoms with Crippen LogP contribution in [0, 0.1) is 12.7 Å². The Labute approximate surface area is 155 Å². The zero-order valence-electron chi connectivity index (χ0n) is 14.6. The first-order valence-corrected chi connectivity index (χ1v) is 8.47. The zero-order chi connectivity index (χ0) is 18.8. The Morgan fingerprint density at radius 3 is 2.74 bits per heavy atom. The minimum absolute atomic E-state index is 0.165. The first kappa shape index (κ1) is 17.0.